The van der Waals surface area contributed by atoms with Gasteiger partial charge in [-0.15, -0.1) is 13.2 Å². The number of benzene rings is 1. The first kappa shape index (κ1) is 13.2. The monoisotopic (exact) mass is 324 g/mol. The number of anilines is 1. The molecule has 1 aromatic rings. The summed E-state index contributed by atoms with van der Waals surface area (Å²) in [4.78, 5) is 12.6. The van der Waals surface area contributed by atoms with Gasteiger partial charge in [-0.05, 0) is 18.2 Å². The van der Waals surface area contributed by atoms with Crippen LogP contribution < -0.4 is 15.4 Å². The minimum absolute atomic E-state index is 0.0576. The lowest BCUT2D eigenvalue weighted by atomic mass is 10.1. The predicted octanol–water partition coefficient (Wildman–Crippen LogP) is 2.02. The number of nitrogens with two attached hydrogens (primary N) is 1. The molecule has 8 heteroatoms. The summed E-state index contributed by atoms with van der Waals surface area (Å²) >= 11 is 3.04. The summed E-state index contributed by atoms with van der Waals surface area (Å²) in [6.45, 7) is 0.175. The lowest BCUT2D eigenvalue weighted by molar-refractivity contribution is -0.274. The molecule has 1 heterocycles. The van der Waals surface area contributed by atoms with Gasteiger partial charge in [-0.2, -0.15) is 0 Å². The Morgan fingerprint density at radius 1 is 1.44 bits per heavy atom. The van der Waals surface area contributed by atoms with E-state index in [0.717, 1.165) is 11.0 Å². The predicted molar refractivity (Wildman–Crippen MR) is 61.2 cm³/mol. The fourth-order valence-electron chi connectivity index (χ4n) is 1.59. The maximum Gasteiger partial charge on any atom is 0.573 e. The Labute approximate surface area is 109 Å². The average molecular weight is 325 g/mol. The molecule has 2 N–H and O–H groups in total. The Balaban J connectivity index is 2.32. The van der Waals surface area contributed by atoms with Gasteiger partial charge in [0.1, 0.15) is 6.04 Å². The van der Waals surface area contributed by atoms with Gasteiger partial charge >= 0.3 is 6.36 Å². The first-order chi connectivity index (χ1) is 8.28. The van der Waals surface area contributed by atoms with Crippen LogP contribution in [0.25, 0.3) is 0 Å². The smallest absolute Gasteiger partial charge is 0.404 e. The number of carbonyl (C=O) groups is 1. The van der Waals surface area contributed by atoms with E-state index >= 15 is 0 Å². The lowest BCUT2D eigenvalue weighted by Crippen LogP contribution is -2.61. The maximum absolute atomic E-state index is 12.2. The second kappa shape index (κ2) is 4.43. The van der Waals surface area contributed by atoms with Crippen molar-refractivity contribution in [3.05, 3.63) is 22.7 Å². The third-order valence-corrected chi connectivity index (χ3v) is 2.89. The minimum Gasteiger partial charge on any atom is -0.404 e. The van der Waals surface area contributed by atoms with Gasteiger partial charge in [0, 0.05) is 4.47 Å². The third-order valence-electron chi connectivity index (χ3n) is 2.40. The Kier molecular flexibility index (Phi) is 3.24. The van der Waals surface area contributed by atoms with Crippen LogP contribution in [0.3, 0.4) is 0 Å². The van der Waals surface area contributed by atoms with Crippen LogP contribution in [0, 0.1) is 0 Å². The van der Waals surface area contributed by atoms with Crippen LogP contribution in [-0.2, 0) is 4.79 Å². The quantitative estimate of drug-likeness (QED) is 0.847. The van der Waals surface area contributed by atoms with E-state index in [2.05, 4.69) is 20.7 Å². The summed E-state index contributed by atoms with van der Waals surface area (Å²) in [5.41, 5.74) is 5.45. The van der Waals surface area contributed by atoms with Crippen molar-refractivity contribution in [1.82, 2.24) is 0 Å². The normalized spacial score (nSPS) is 19.7. The van der Waals surface area contributed by atoms with Crippen molar-refractivity contribution >= 4 is 27.5 Å². The summed E-state index contributed by atoms with van der Waals surface area (Å²) in [6, 6.07) is 3.39. The van der Waals surface area contributed by atoms with Crippen LogP contribution in [0.2, 0.25) is 0 Å². The second-order valence-electron chi connectivity index (χ2n) is 3.72. The third kappa shape index (κ3) is 2.59. The van der Waals surface area contributed by atoms with Crippen molar-refractivity contribution in [2.45, 2.75) is 12.4 Å². The van der Waals surface area contributed by atoms with E-state index in [0.29, 0.717) is 4.47 Å². The molecule has 1 aliphatic rings. The van der Waals surface area contributed by atoms with Crippen molar-refractivity contribution in [2.24, 2.45) is 5.73 Å². The molecule has 0 radical (unpaired) electrons. The summed E-state index contributed by atoms with van der Waals surface area (Å²) < 4.78 is 41.0. The fraction of sp³-hybridized carbons (Fsp3) is 0.300. The highest BCUT2D eigenvalue weighted by molar-refractivity contribution is 9.10. The molecule has 1 amide bonds. The highest BCUT2D eigenvalue weighted by Crippen LogP contribution is 2.37. The van der Waals surface area contributed by atoms with Gasteiger partial charge in [-0.1, -0.05) is 15.9 Å². The molecule has 0 aromatic heterocycles. The van der Waals surface area contributed by atoms with Crippen molar-refractivity contribution in [1.29, 1.82) is 0 Å². The number of alkyl halides is 3. The molecule has 0 aliphatic carbocycles. The average Bonchev–Trinajstić information content (AvgIpc) is 2.24. The van der Waals surface area contributed by atoms with Gasteiger partial charge in [-0.25, -0.2) is 0 Å². The van der Waals surface area contributed by atoms with Crippen molar-refractivity contribution in [3.8, 4) is 5.75 Å². The van der Waals surface area contributed by atoms with Crippen LogP contribution >= 0.6 is 15.9 Å². The highest BCUT2D eigenvalue weighted by atomic mass is 79.9. The molecule has 98 valence electrons. The summed E-state index contributed by atoms with van der Waals surface area (Å²) in [5, 5.41) is 0. The van der Waals surface area contributed by atoms with Crippen LogP contribution in [0.4, 0.5) is 18.9 Å². The molecule has 0 spiro atoms. The van der Waals surface area contributed by atoms with Gasteiger partial charge < -0.3 is 15.4 Å². The Hall–Kier alpha value is -1.28. The first-order valence-corrected chi connectivity index (χ1v) is 5.69. The molecule has 1 saturated heterocycles. The van der Waals surface area contributed by atoms with E-state index < -0.39 is 24.1 Å². The zero-order valence-electron chi connectivity index (χ0n) is 8.87. The maximum atomic E-state index is 12.2. The van der Waals surface area contributed by atoms with Gasteiger partial charge in [-0.3, -0.25) is 4.79 Å². The zero-order chi connectivity index (χ0) is 13.5. The van der Waals surface area contributed by atoms with Crippen molar-refractivity contribution in [2.75, 3.05) is 11.4 Å². The highest BCUT2D eigenvalue weighted by Gasteiger charge is 2.38. The van der Waals surface area contributed by atoms with Gasteiger partial charge in [0.25, 0.3) is 0 Å². The Morgan fingerprint density at radius 2 is 2.11 bits per heavy atom. The van der Waals surface area contributed by atoms with Crippen molar-refractivity contribution < 1.29 is 22.7 Å². The number of hydrogen-bond acceptors (Lipinski definition) is 3. The van der Waals surface area contributed by atoms with E-state index in [4.69, 9.17) is 5.73 Å². The summed E-state index contributed by atoms with van der Waals surface area (Å²) in [7, 11) is 0. The van der Waals surface area contributed by atoms with Gasteiger partial charge in [0.15, 0.2) is 5.75 Å². The molecule has 1 unspecified atom stereocenters. The van der Waals surface area contributed by atoms with Crippen LogP contribution in [0.5, 0.6) is 5.75 Å². The Bertz CT molecular complexity index is 493. The number of β-lactam (4-membered cyclic amide) rings is 1. The van der Waals surface area contributed by atoms with E-state index in [9.17, 15) is 18.0 Å². The fourth-order valence-corrected chi connectivity index (χ4v) is 1.93. The molecule has 1 fully saturated rings. The van der Waals surface area contributed by atoms with Crippen LogP contribution in [0.15, 0.2) is 22.7 Å². The largest absolute Gasteiger partial charge is 0.573 e. The van der Waals surface area contributed by atoms with E-state index in [1.54, 1.807) is 0 Å². The van der Waals surface area contributed by atoms with Gasteiger partial charge in [0.05, 0.1) is 12.2 Å². The van der Waals surface area contributed by atoms with E-state index in [1.165, 1.54) is 12.1 Å². The number of hydrogen-bond donors (Lipinski definition) is 1. The lowest BCUT2D eigenvalue weighted by Gasteiger charge is -2.36. The number of nitrogens with zero attached hydrogens (tertiary/aromatic N) is 1. The zero-order valence-corrected chi connectivity index (χ0v) is 10.5. The number of ether oxygens (including phenoxy) is 1. The van der Waals surface area contributed by atoms with Crippen LogP contribution in [0.1, 0.15) is 0 Å². The van der Waals surface area contributed by atoms with Gasteiger partial charge in [0.2, 0.25) is 5.91 Å². The first-order valence-electron chi connectivity index (χ1n) is 4.90. The molecule has 18 heavy (non-hydrogen) atoms. The molecule has 4 nitrogen and oxygen atoms in total. The molecule has 1 aliphatic heterocycles. The summed E-state index contributed by atoms with van der Waals surface area (Å²) in [6.07, 6.45) is -4.81. The van der Waals surface area contributed by atoms with E-state index in [-0.39, 0.29) is 12.2 Å². The Morgan fingerprint density at radius 3 is 2.61 bits per heavy atom. The molecular formula is C10H8BrF3N2O2. The molecule has 1 atom stereocenters. The number of carbonyl (C=O) groups excluding carboxylic acids is 1. The molecule has 0 saturated carbocycles. The topological polar surface area (TPSA) is 55.6 Å². The molecule has 2 rings (SSSR count). The molecule has 0 bridgehead atoms. The number of halogens is 4. The molecule has 1 aromatic carbocycles. The SMILES string of the molecule is NC1CN(c2ccc(Br)cc2OC(F)(F)F)C1=O. The number of rotatable bonds is 2. The number of amides is 1. The minimum atomic E-state index is -4.81. The molecular weight excluding hydrogens is 317 g/mol. The van der Waals surface area contributed by atoms with Crippen LogP contribution in [-0.4, -0.2) is 24.9 Å². The standard InChI is InChI=1S/C10H8BrF3N2O2/c11-5-1-2-7(16-4-6(15)9(16)17)8(3-5)18-10(12,13)14/h1-3,6H,4,15H2. The van der Waals surface area contributed by atoms with E-state index in [1.807, 2.05) is 0 Å². The summed E-state index contributed by atoms with van der Waals surface area (Å²) in [5.74, 6) is -0.860. The van der Waals surface area contributed by atoms with Crippen molar-refractivity contribution in [3.63, 3.8) is 0 Å². The second-order valence-corrected chi connectivity index (χ2v) is 4.63.